The normalized spacial score (nSPS) is 10.4. The van der Waals surface area contributed by atoms with E-state index in [4.69, 9.17) is 0 Å². The highest BCUT2D eigenvalue weighted by atomic mass is 32.1. The fourth-order valence-electron chi connectivity index (χ4n) is 1.93. The maximum Gasteiger partial charge on any atom is 0.171 e. The zero-order valence-corrected chi connectivity index (χ0v) is 12.0. The van der Waals surface area contributed by atoms with Gasteiger partial charge in [-0.05, 0) is 23.9 Å². The molecule has 0 saturated heterocycles. The number of benzene rings is 1. The van der Waals surface area contributed by atoms with Gasteiger partial charge in [-0.1, -0.05) is 36.4 Å². The third kappa shape index (κ3) is 2.86. The monoisotopic (exact) mass is 281 g/mol. The van der Waals surface area contributed by atoms with Gasteiger partial charge in [0.25, 0.3) is 0 Å². The molecule has 2 aromatic heterocycles. The Morgan fingerprint density at radius 1 is 1.10 bits per heavy atom. The van der Waals surface area contributed by atoms with Gasteiger partial charge >= 0.3 is 0 Å². The minimum atomic E-state index is 0.766. The minimum Gasteiger partial charge on any atom is -0.366 e. The molecule has 1 N–H and O–H groups in total. The van der Waals surface area contributed by atoms with Crippen LogP contribution in [0.3, 0.4) is 0 Å². The van der Waals surface area contributed by atoms with Gasteiger partial charge in [-0.3, -0.25) is 0 Å². The number of thiophene rings is 1. The second-order valence-corrected chi connectivity index (χ2v) is 5.49. The molecule has 3 rings (SSSR count). The summed E-state index contributed by atoms with van der Waals surface area (Å²) in [6.45, 7) is 2.79. The van der Waals surface area contributed by atoms with Gasteiger partial charge in [0.2, 0.25) is 0 Å². The van der Waals surface area contributed by atoms with Crippen molar-refractivity contribution in [2.45, 2.75) is 13.5 Å². The van der Waals surface area contributed by atoms with E-state index in [2.05, 4.69) is 27.4 Å². The Morgan fingerprint density at radius 2 is 1.95 bits per heavy atom. The van der Waals surface area contributed by atoms with Crippen molar-refractivity contribution >= 4 is 17.2 Å². The molecule has 0 atom stereocenters. The van der Waals surface area contributed by atoms with E-state index in [1.165, 1.54) is 5.56 Å². The van der Waals surface area contributed by atoms with E-state index in [1.807, 2.05) is 48.8 Å². The molecule has 0 aliphatic heterocycles. The highest BCUT2D eigenvalue weighted by Gasteiger charge is 2.06. The summed E-state index contributed by atoms with van der Waals surface area (Å²) < 4.78 is 0. The maximum atomic E-state index is 4.62. The molecule has 1 aromatic carbocycles. The van der Waals surface area contributed by atoms with Crippen molar-refractivity contribution in [1.82, 2.24) is 9.97 Å². The first-order chi connectivity index (χ1) is 9.83. The molecule has 0 bridgehead atoms. The lowest BCUT2D eigenvalue weighted by Crippen LogP contribution is -2.04. The predicted octanol–water partition coefficient (Wildman–Crippen LogP) is 4.13. The fourth-order valence-corrected chi connectivity index (χ4v) is 2.59. The van der Waals surface area contributed by atoms with Crippen LogP contribution in [0.1, 0.15) is 11.1 Å². The van der Waals surface area contributed by atoms with Gasteiger partial charge in [-0.2, -0.15) is 0 Å². The lowest BCUT2D eigenvalue weighted by molar-refractivity contribution is 1.07. The van der Waals surface area contributed by atoms with Crippen molar-refractivity contribution in [3.05, 3.63) is 65.2 Å². The van der Waals surface area contributed by atoms with Crippen LogP contribution in [0.15, 0.2) is 54.0 Å². The molecule has 0 amide bonds. The Labute approximate surface area is 122 Å². The molecule has 0 saturated carbocycles. The van der Waals surface area contributed by atoms with E-state index in [-0.39, 0.29) is 0 Å². The summed E-state index contributed by atoms with van der Waals surface area (Å²) in [6, 6.07) is 14.4. The first-order valence-electron chi connectivity index (χ1n) is 6.48. The lowest BCUT2D eigenvalue weighted by atomic mass is 10.2. The van der Waals surface area contributed by atoms with Crippen molar-refractivity contribution in [1.29, 1.82) is 0 Å². The zero-order valence-electron chi connectivity index (χ0n) is 11.2. The van der Waals surface area contributed by atoms with Crippen molar-refractivity contribution in [3.63, 3.8) is 0 Å². The number of nitrogens with one attached hydrogen (secondary N) is 1. The Morgan fingerprint density at radius 3 is 2.70 bits per heavy atom. The molecule has 3 nitrogen and oxygen atoms in total. The van der Waals surface area contributed by atoms with Crippen molar-refractivity contribution in [2.24, 2.45) is 0 Å². The molecule has 20 heavy (non-hydrogen) atoms. The van der Waals surface area contributed by atoms with E-state index in [0.717, 1.165) is 28.6 Å². The van der Waals surface area contributed by atoms with Gasteiger partial charge < -0.3 is 5.32 Å². The highest BCUT2D eigenvalue weighted by Crippen LogP contribution is 2.23. The van der Waals surface area contributed by atoms with Gasteiger partial charge in [0.15, 0.2) is 5.82 Å². The molecule has 100 valence electrons. The number of aryl methyl sites for hydroxylation is 1. The SMILES string of the molecule is Cc1cnc(-c2cccs2)nc1NCc1ccccc1. The smallest absolute Gasteiger partial charge is 0.171 e. The molecule has 0 aliphatic carbocycles. The Balaban J connectivity index is 1.80. The highest BCUT2D eigenvalue weighted by molar-refractivity contribution is 7.13. The number of aromatic nitrogens is 2. The first-order valence-corrected chi connectivity index (χ1v) is 7.36. The van der Waals surface area contributed by atoms with Gasteiger partial charge in [0.1, 0.15) is 5.82 Å². The topological polar surface area (TPSA) is 37.8 Å². The molecule has 0 aliphatic rings. The number of nitrogens with zero attached hydrogens (tertiary/aromatic N) is 2. The van der Waals surface area contributed by atoms with E-state index >= 15 is 0 Å². The Bertz CT molecular complexity index is 678. The van der Waals surface area contributed by atoms with Crippen LogP contribution in [0.2, 0.25) is 0 Å². The van der Waals surface area contributed by atoms with Crippen molar-refractivity contribution < 1.29 is 0 Å². The number of rotatable bonds is 4. The van der Waals surface area contributed by atoms with Crippen LogP contribution in [0, 0.1) is 6.92 Å². The summed E-state index contributed by atoms with van der Waals surface area (Å²) in [4.78, 5) is 10.1. The molecule has 0 fully saturated rings. The molecule has 0 spiro atoms. The van der Waals surface area contributed by atoms with Gasteiger partial charge in [-0.15, -0.1) is 11.3 Å². The molecular formula is C16H15N3S. The summed E-state index contributed by atoms with van der Waals surface area (Å²) in [6.07, 6.45) is 1.87. The lowest BCUT2D eigenvalue weighted by Gasteiger charge is -2.09. The van der Waals surface area contributed by atoms with Crippen LogP contribution < -0.4 is 5.32 Å². The van der Waals surface area contributed by atoms with Gasteiger partial charge in [-0.25, -0.2) is 9.97 Å². The van der Waals surface area contributed by atoms with E-state index in [1.54, 1.807) is 11.3 Å². The van der Waals surface area contributed by atoms with Crippen LogP contribution in [-0.4, -0.2) is 9.97 Å². The third-order valence-corrected chi connectivity index (χ3v) is 3.88. The predicted molar refractivity (Wildman–Crippen MR) is 83.9 cm³/mol. The third-order valence-electron chi connectivity index (χ3n) is 3.02. The summed E-state index contributed by atoms with van der Waals surface area (Å²) in [5.41, 5.74) is 2.30. The van der Waals surface area contributed by atoms with Crippen LogP contribution >= 0.6 is 11.3 Å². The maximum absolute atomic E-state index is 4.62. The van der Waals surface area contributed by atoms with Crippen LogP contribution in [-0.2, 0) is 6.54 Å². The van der Waals surface area contributed by atoms with Gasteiger partial charge in [0.05, 0.1) is 4.88 Å². The summed E-state index contributed by atoms with van der Waals surface area (Å²) in [7, 11) is 0. The van der Waals surface area contributed by atoms with E-state index < -0.39 is 0 Å². The van der Waals surface area contributed by atoms with Crippen LogP contribution in [0.5, 0.6) is 0 Å². The fraction of sp³-hybridized carbons (Fsp3) is 0.125. The molecular weight excluding hydrogens is 266 g/mol. The molecule has 0 radical (unpaired) electrons. The second kappa shape index (κ2) is 5.84. The Kier molecular flexibility index (Phi) is 3.74. The molecule has 2 heterocycles. The molecule has 4 heteroatoms. The number of anilines is 1. The average Bonchev–Trinajstić information content (AvgIpc) is 3.02. The zero-order chi connectivity index (χ0) is 13.8. The number of hydrogen-bond donors (Lipinski definition) is 1. The minimum absolute atomic E-state index is 0.766. The summed E-state index contributed by atoms with van der Waals surface area (Å²) >= 11 is 1.65. The molecule has 3 aromatic rings. The summed E-state index contributed by atoms with van der Waals surface area (Å²) in [5.74, 6) is 1.67. The Hall–Kier alpha value is -2.20. The van der Waals surface area contributed by atoms with Crippen LogP contribution in [0.25, 0.3) is 10.7 Å². The van der Waals surface area contributed by atoms with E-state index in [9.17, 15) is 0 Å². The average molecular weight is 281 g/mol. The van der Waals surface area contributed by atoms with Crippen molar-refractivity contribution in [3.8, 4) is 10.7 Å². The summed E-state index contributed by atoms with van der Waals surface area (Å²) in [5, 5.41) is 5.42. The van der Waals surface area contributed by atoms with Crippen molar-refractivity contribution in [2.75, 3.05) is 5.32 Å². The quantitative estimate of drug-likeness (QED) is 0.781. The van der Waals surface area contributed by atoms with Gasteiger partial charge in [0, 0.05) is 18.3 Å². The molecule has 0 unspecified atom stereocenters. The second-order valence-electron chi connectivity index (χ2n) is 4.54. The largest absolute Gasteiger partial charge is 0.366 e. The van der Waals surface area contributed by atoms with Crippen LogP contribution in [0.4, 0.5) is 5.82 Å². The standard InChI is InChI=1S/C16H15N3S/c1-12-10-17-16(14-8-5-9-20-14)19-15(12)18-11-13-6-3-2-4-7-13/h2-10H,11H2,1H3,(H,17,18,19). The van der Waals surface area contributed by atoms with E-state index in [0.29, 0.717) is 0 Å². The number of hydrogen-bond acceptors (Lipinski definition) is 4. The first kappa shape index (κ1) is 12.8.